The third-order valence-corrected chi connectivity index (χ3v) is 4.63. The van der Waals surface area contributed by atoms with Gasteiger partial charge in [0.1, 0.15) is 0 Å². The molecule has 1 N–H and O–H groups in total. The molecule has 1 aliphatic heterocycles. The molecule has 0 spiro atoms. The number of piperazine rings is 1. The lowest BCUT2D eigenvalue weighted by Gasteiger charge is -2.30. The Kier molecular flexibility index (Phi) is 4.01. The van der Waals surface area contributed by atoms with E-state index < -0.39 is 0 Å². The maximum absolute atomic E-state index is 5.55. The normalized spacial score (nSPS) is 21.2. The van der Waals surface area contributed by atoms with E-state index in [0.717, 1.165) is 36.8 Å². The molecule has 120 valence electrons. The predicted octanol–water partition coefficient (Wildman–Crippen LogP) is 1.15. The minimum absolute atomic E-state index is 0.0526. The van der Waals surface area contributed by atoms with Crippen molar-refractivity contribution in [3.63, 3.8) is 0 Å². The van der Waals surface area contributed by atoms with Gasteiger partial charge in [-0.1, -0.05) is 5.16 Å². The molecular formula is C15H24N6O. The molecule has 22 heavy (non-hydrogen) atoms. The minimum Gasteiger partial charge on any atom is -0.339 e. The summed E-state index contributed by atoms with van der Waals surface area (Å²) in [6.45, 7) is 9.04. The molecule has 2 aromatic rings. The molecule has 3 heterocycles. The van der Waals surface area contributed by atoms with Crippen LogP contribution in [0.15, 0.2) is 4.52 Å². The topological polar surface area (TPSA) is 72.0 Å². The Bertz CT molecular complexity index is 661. The Morgan fingerprint density at radius 3 is 2.73 bits per heavy atom. The van der Waals surface area contributed by atoms with E-state index in [1.54, 1.807) is 0 Å². The van der Waals surface area contributed by atoms with Crippen molar-refractivity contribution in [2.45, 2.75) is 32.7 Å². The monoisotopic (exact) mass is 304 g/mol. The molecule has 1 aliphatic rings. The average molecular weight is 304 g/mol. The molecule has 1 fully saturated rings. The van der Waals surface area contributed by atoms with Gasteiger partial charge >= 0.3 is 0 Å². The van der Waals surface area contributed by atoms with E-state index >= 15 is 0 Å². The van der Waals surface area contributed by atoms with E-state index in [2.05, 4.69) is 46.4 Å². The van der Waals surface area contributed by atoms with E-state index in [9.17, 15) is 0 Å². The van der Waals surface area contributed by atoms with Crippen molar-refractivity contribution in [1.82, 2.24) is 30.1 Å². The number of hydrogen-bond donors (Lipinski definition) is 1. The summed E-state index contributed by atoms with van der Waals surface area (Å²) in [5, 5.41) is 12.1. The van der Waals surface area contributed by atoms with Crippen LogP contribution in [0.1, 0.15) is 47.5 Å². The summed E-state index contributed by atoms with van der Waals surface area (Å²) in [7, 11) is 4.06. The van der Waals surface area contributed by atoms with E-state index in [0.29, 0.717) is 5.89 Å². The maximum Gasteiger partial charge on any atom is 0.234 e. The summed E-state index contributed by atoms with van der Waals surface area (Å²) in [6, 6.07) is 0.176. The molecular weight excluding hydrogens is 280 g/mol. The van der Waals surface area contributed by atoms with Gasteiger partial charge in [-0.3, -0.25) is 9.58 Å². The second-order valence-electron chi connectivity index (χ2n) is 6.12. The van der Waals surface area contributed by atoms with Gasteiger partial charge in [-0.25, -0.2) is 0 Å². The number of aryl methyl sites for hydroxylation is 2. The van der Waals surface area contributed by atoms with Gasteiger partial charge < -0.3 is 9.84 Å². The van der Waals surface area contributed by atoms with Crippen LogP contribution in [0.2, 0.25) is 0 Å². The number of likely N-dealkylation sites (N-methyl/N-ethyl adjacent to an activating group) is 1. The number of aromatic nitrogens is 4. The largest absolute Gasteiger partial charge is 0.339 e. The number of rotatable bonds is 3. The van der Waals surface area contributed by atoms with Crippen molar-refractivity contribution >= 4 is 0 Å². The highest BCUT2D eigenvalue weighted by atomic mass is 16.5. The summed E-state index contributed by atoms with van der Waals surface area (Å²) >= 11 is 0. The Morgan fingerprint density at radius 2 is 2.09 bits per heavy atom. The zero-order valence-corrected chi connectivity index (χ0v) is 13.9. The van der Waals surface area contributed by atoms with Crippen molar-refractivity contribution in [2.24, 2.45) is 7.05 Å². The molecule has 0 amide bonds. The van der Waals surface area contributed by atoms with Crippen molar-refractivity contribution in [3.05, 3.63) is 28.7 Å². The summed E-state index contributed by atoms with van der Waals surface area (Å²) in [4.78, 5) is 6.92. The molecule has 7 heteroatoms. The molecule has 2 unspecified atom stereocenters. The Labute approximate surface area is 130 Å². The van der Waals surface area contributed by atoms with E-state index in [4.69, 9.17) is 4.52 Å². The van der Waals surface area contributed by atoms with Crippen molar-refractivity contribution in [3.8, 4) is 0 Å². The van der Waals surface area contributed by atoms with Gasteiger partial charge in [0.05, 0.1) is 17.7 Å². The molecule has 0 saturated carbocycles. The fourth-order valence-electron chi connectivity index (χ4n) is 3.19. The van der Waals surface area contributed by atoms with Gasteiger partial charge in [-0.05, 0) is 27.8 Å². The van der Waals surface area contributed by atoms with Crippen molar-refractivity contribution < 1.29 is 4.52 Å². The smallest absolute Gasteiger partial charge is 0.234 e. The molecule has 0 aromatic carbocycles. The Morgan fingerprint density at radius 1 is 1.32 bits per heavy atom. The van der Waals surface area contributed by atoms with Gasteiger partial charge in [0.25, 0.3) is 0 Å². The Hall–Kier alpha value is -1.73. The zero-order valence-electron chi connectivity index (χ0n) is 13.9. The lowest BCUT2D eigenvalue weighted by molar-refractivity contribution is 0.190. The number of nitrogens with zero attached hydrogens (tertiary/aromatic N) is 5. The van der Waals surface area contributed by atoms with Crippen LogP contribution in [-0.2, 0) is 7.05 Å². The van der Waals surface area contributed by atoms with Crippen LogP contribution in [0.3, 0.4) is 0 Å². The average Bonchev–Trinajstić information content (AvgIpc) is 3.05. The molecule has 3 rings (SSSR count). The lowest BCUT2D eigenvalue weighted by atomic mass is 9.99. The van der Waals surface area contributed by atoms with E-state index in [1.165, 1.54) is 5.56 Å². The second-order valence-corrected chi connectivity index (χ2v) is 6.12. The quantitative estimate of drug-likeness (QED) is 0.917. The first-order valence-corrected chi connectivity index (χ1v) is 7.73. The molecule has 0 aliphatic carbocycles. The minimum atomic E-state index is 0.0526. The zero-order chi connectivity index (χ0) is 15.9. The third-order valence-electron chi connectivity index (χ3n) is 4.63. The first-order valence-electron chi connectivity index (χ1n) is 7.73. The second kappa shape index (κ2) is 5.81. The Balaban J connectivity index is 1.87. The highest BCUT2D eigenvalue weighted by molar-refractivity contribution is 5.31. The van der Waals surface area contributed by atoms with Gasteiger partial charge in [0.15, 0.2) is 5.82 Å². The number of nitrogens with one attached hydrogen (secondary N) is 1. The summed E-state index contributed by atoms with van der Waals surface area (Å²) in [6.07, 6.45) is 0. The maximum atomic E-state index is 5.55. The van der Waals surface area contributed by atoms with Crippen LogP contribution in [0.5, 0.6) is 0 Å². The van der Waals surface area contributed by atoms with Crippen molar-refractivity contribution in [2.75, 3.05) is 26.7 Å². The van der Waals surface area contributed by atoms with Crippen LogP contribution >= 0.6 is 0 Å². The first-order chi connectivity index (χ1) is 10.5. The first kappa shape index (κ1) is 15.2. The molecule has 7 nitrogen and oxygen atoms in total. The summed E-state index contributed by atoms with van der Waals surface area (Å²) < 4.78 is 7.45. The molecule has 1 saturated heterocycles. The van der Waals surface area contributed by atoms with E-state index in [1.807, 2.05) is 18.7 Å². The van der Waals surface area contributed by atoms with Crippen LogP contribution in [-0.4, -0.2) is 51.5 Å². The highest BCUT2D eigenvalue weighted by Crippen LogP contribution is 2.29. The van der Waals surface area contributed by atoms with Gasteiger partial charge in [0.2, 0.25) is 5.89 Å². The molecule has 0 radical (unpaired) electrons. The van der Waals surface area contributed by atoms with Crippen LogP contribution in [0, 0.1) is 13.8 Å². The van der Waals surface area contributed by atoms with Crippen LogP contribution in [0.25, 0.3) is 0 Å². The van der Waals surface area contributed by atoms with Crippen LogP contribution in [0.4, 0.5) is 0 Å². The molecule has 2 atom stereocenters. The fourth-order valence-corrected chi connectivity index (χ4v) is 3.19. The van der Waals surface area contributed by atoms with Gasteiger partial charge in [-0.2, -0.15) is 10.1 Å². The number of hydrogen-bond acceptors (Lipinski definition) is 6. The van der Waals surface area contributed by atoms with Crippen LogP contribution < -0.4 is 5.32 Å². The SMILES string of the molecule is Cc1nn(C)c(C)c1C(C)c1nc(C2CNCCN2C)no1. The highest BCUT2D eigenvalue weighted by Gasteiger charge is 2.28. The standard InChI is InChI=1S/C15H24N6O/c1-9(13-10(2)18-21(5)11(13)3)15-17-14(19-22-15)12-8-16-6-7-20(12)4/h9,12,16H,6-8H2,1-5H3. The predicted molar refractivity (Wildman–Crippen MR) is 82.7 cm³/mol. The van der Waals surface area contributed by atoms with Gasteiger partial charge in [0, 0.05) is 37.9 Å². The van der Waals surface area contributed by atoms with Crippen molar-refractivity contribution in [1.29, 1.82) is 0 Å². The fraction of sp³-hybridized carbons (Fsp3) is 0.667. The summed E-state index contributed by atoms with van der Waals surface area (Å²) in [5.74, 6) is 1.47. The third kappa shape index (κ3) is 2.55. The molecule has 2 aromatic heterocycles. The summed E-state index contributed by atoms with van der Waals surface area (Å²) in [5.41, 5.74) is 3.33. The lowest BCUT2D eigenvalue weighted by Crippen LogP contribution is -2.44. The van der Waals surface area contributed by atoms with E-state index in [-0.39, 0.29) is 12.0 Å². The van der Waals surface area contributed by atoms with Gasteiger partial charge in [-0.15, -0.1) is 0 Å². The molecule has 0 bridgehead atoms.